The molecule has 0 bridgehead atoms. The van der Waals surface area contributed by atoms with Crippen LogP contribution in [0.3, 0.4) is 0 Å². The molecule has 0 saturated heterocycles. The lowest BCUT2D eigenvalue weighted by Gasteiger charge is -2.08. The molecule has 4 heteroatoms. The van der Waals surface area contributed by atoms with Crippen LogP contribution in [0.1, 0.15) is 5.56 Å². The number of ether oxygens (including phenoxy) is 2. The molecule has 0 aliphatic carbocycles. The van der Waals surface area contributed by atoms with Crippen LogP contribution in [-0.4, -0.2) is 18.2 Å². The van der Waals surface area contributed by atoms with E-state index >= 15 is 0 Å². The Kier molecular flexibility index (Phi) is 4.02. The minimum Gasteiger partial charge on any atom is -0.490 e. The second-order valence-corrected chi connectivity index (χ2v) is 3.88. The fourth-order valence-electron chi connectivity index (χ4n) is 1.54. The largest absolute Gasteiger partial charge is 0.490 e. The van der Waals surface area contributed by atoms with Gasteiger partial charge in [-0.05, 0) is 36.8 Å². The first-order chi connectivity index (χ1) is 8.75. The number of benzene rings is 1. The fraction of sp³-hybridized carbons (Fsp3) is 0.214. The van der Waals surface area contributed by atoms with Crippen LogP contribution >= 0.6 is 0 Å². The third kappa shape index (κ3) is 3.38. The molecular weight excluding hydrogens is 230 g/mol. The average Bonchev–Trinajstić information content (AvgIpc) is 2.37. The monoisotopic (exact) mass is 245 g/mol. The van der Waals surface area contributed by atoms with E-state index in [1.54, 1.807) is 18.3 Å². The number of pyridine rings is 1. The Bertz CT molecular complexity index is 563. The molecule has 94 valence electrons. The Morgan fingerprint density at radius 2 is 1.94 bits per heavy atom. The van der Waals surface area contributed by atoms with E-state index in [1.165, 1.54) is 0 Å². The molecule has 0 amide bonds. The topological polar surface area (TPSA) is 51.3 Å². The number of aromatic amines is 1. The van der Waals surface area contributed by atoms with Crippen molar-refractivity contribution < 1.29 is 9.47 Å². The summed E-state index contributed by atoms with van der Waals surface area (Å²) in [6.07, 6.45) is 1.57. The highest BCUT2D eigenvalue weighted by atomic mass is 16.5. The lowest BCUT2D eigenvalue weighted by Crippen LogP contribution is -2.15. The Morgan fingerprint density at radius 1 is 1.11 bits per heavy atom. The molecule has 0 aliphatic heterocycles. The molecular formula is C14H15NO3. The molecule has 0 saturated carbocycles. The summed E-state index contributed by atoms with van der Waals surface area (Å²) in [4.78, 5) is 13.9. The number of rotatable bonds is 5. The summed E-state index contributed by atoms with van der Waals surface area (Å²) in [6.45, 7) is 2.74. The minimum atomic E-state index is -0.229. The SMILES string of the molecule is Cc1cccc(OCCOc2ccc[nH]c2=O)c1. The predicted octanol–water partition coefficient (Wildman–Crippen LogP) is 2.14. The molecule has 4 nitrogen and oxygen atoms in total. The maximum Gasteiger partial charge on any atom is 0.290 e. The molecule has 0 atom stereocenters. The van der Waals surface area contributed by atoms with Gasteiger partial charge in [-0.15, -0.1) is 0 Å². The summed E-state index contributed by atoms with van der Waals surface area (Å²) >= 11 is 0. The highest BCUT2D eigenvalue weighted by Crippen LogP contribution is 2.12. The quantitative estimate of drug-likeness (QED) is 0.821. The van der Waals surface area contributed by atoms with Crippen LogP contribution in [-0.2, 0) is 0 Å². The third-order valence-electron chi connectivity index (χ3n) is 2.38. The van der Waals surface area contributed by atoms with E-state index in [2.05, 4.69) is 4.98 Å². The standard InChI is InChI=1S/C14H15NO3/c1-11-4-2-5-12(10-11)17-8-9-18-13-6-3-7-15-14(13)16/h2-7,10H,8-9H2,1H3,(H,15,16). The van der Waals surface area contributed by atoms with E-state index in [-0.39, 0.29) is 5.56 Å². The minimum absolute atomic E-state index is 0.229. The van der Waals surface area contributed by atoms with Crippen molar-refractivity contribution >= 4 is 0 Å². The van der Waals surface area contributed by atoms with Gasteiger partial charge in [-0.3, -0.25) is 4.79 Å². The van der Waals surface area contributed by atoms with Gasteiger partial charge in [0.2, 0.25) is 0 Å². The van der Waals surface area contributed by atoms with Crippen molar-refractivity contribution in [3.05, 3.63) is 58.5 Å². The highest BCUT2D eigenvalue weighted by molar-refractivity contribution is 5.27. The first-order valence-electron chi connectivity index (χ1n) is 5.76. The van der Waals surface area contributed by atoms with E-state index in [9.17, 15) is 4.79 Å². The maximum absolute atomic E-state index is 11.3. The summed E-state index contributed by atoms with van der Waals surface area (Å²) in [5.41, 5.74) is 0.918. The first-order valence-corrected chi connectivity index (χ1v) is 5.76. The lowest BCUT2D eigenvalue weighted by molar-refractivity contribution is 0.215. The molecule has 0 spiro atoms. The zero-order chi connectivity index (χ0) is 12.8. The van der Waals surface area contributed by atoms with Crippen molar-refractivity contribution in [1.29, 1.82) is 0 Å². The Morgan fingerprint density at radius 3 is 2.72 bits per heavy atom. The normalized spacial score (nSPS) is 10.1. The van der Waals surface area contributed by atoms with E-state index in [1.807, 2.05) is 31.2 Å². The van der Waals surface area contributed by atoms with Crippen LogP contribution < -0.4 is 15.0 Å². The summed E-state index contributed by atoms with van der Waals surface area (Å²) in [5.74, 6) is 1.12. The van der Waals surface area contributed by atoms with Gasteiger partial charge in [0.25, 0.3) is 5.56 Å². The lowest BCUT2D eigenvalue weighted by atomic mass is 10.2. The van der Waals surface area contributed by atoms with E-state index < -0.39 is 0 Å². The van der Waals surface area contributed by atoms with Gasteiger partial charge in [-0.2, -0.15) is 0 Å². The Labute approximate surface area is 105 Å². The van der Waals surface area contributed by atoms with Crippen LogP contribution in [0.15, 0.2) is 47.4 Å². The zero-order valence-electron chi connectivity index (χ0n) is 10.2. The van der Waals surface area contributed by atoms with Gasteiger partial charge in [0.1, 0.15) is 19.0 Å². The molecule has 2 rings (SSSR count). The number of nitrogens with one attached hydrogen (secondary N) is 1. The van der Waals surface area contributed by atoms with Crippen LogP contribution in [0.2, 0.25) is 0 Å². The summed E-state index contributed by atoms with van der Waals surface area (Å²) < 4.78 is 10.8. The van der Waals surface area contributed by atoms with Gasteiger partial charge in [0.05, 0.1) is 0 Å². The molecule has 1 aromatic heterocycles. The van der Waals surface area contributed by atoms with Crippen LogP contribution in [0.5, 0.6) is 11.5 Å². The molecule has 0 unspecified atom stereocenters. The van der Waals surface area contributed by atoms with Gasteiger partial charge in [-0.25, -0.2) is 0 Å². The van der Waals surface area contributed by atoms with Gasteiger partial charge in [0, 0.05) is 6.20 Å². The van der Waals surface area contributed by atoms with Crippen LogP contribution in [0, 0.1) is 6.92 Å². The smallest absolute Gasteiger partial charge is 0.290 e. The van der Waals surface area contributed by atoms with Crippen molar-refractivity contribution in [3.8, 4) is 11.5 Å². The zero-order valence-corrected chi connectivity index (χ0v) is 10.2. The molecule has 0 fully saturated rings. The predicted molar refractivity (Wildman–Crippen MR) is 69.2 cm³/mol. The first kappa shape index (κ1) is 12.2. The summed E-state index contributed by atoms with van der Waals surface area (Å²) in [7, 11) is 0. The number of H-pyrrole nitrogens is 1. The number of aromatic nitrogens is 1. The van der Waals surface area contributed by atoms with Crippen molar-refractivity contribution in [1.82, 2.24) is 4.98 Å². The van der Waals surface area contributed by atoms with Gasteiger partial charge >= 0.3 is 0 Å². The van der Waals surface area contributed by atoms with E-state index in [4.69, 9.17) is 9.47 Å². The summed E-state index contributed by atoms with van der Waals surface area (Å²) in [5, 5.41) is 0. The molecule has 1 aromatic carbocycles. The second-order valence-electron chi connectivity index (χ2n) is 3.88. The Hall–Kier alpha value is -2.23. The van der Waals surface area contributed by atoms with E-state index in [0.717, 1.165) is 11.3 Å². The fourth-order valence-corrected chi connectivity index (χ4v) is 1.54. The Balaban J connectivity index is 1.80. The van der Waals surface area contributed by atoms with Gasteiger partial charge in [-0.1, -0.05) is 12.1 Å². The molecule has 0 radical (unpaired) electrons. The van der Waals surface area contributed by atoms with Crippen molar-refractivity contribution in [3.63, 3.8) is 0 Å². The third-order valence-corrected chi connectivity index (χ3v) is 2.38. The van der Waals surface area contributed by atoms with Gasteiger partial charge < -0.3 is 14.5 Å². The molecule has 1 N–H and O–H groups in total. The number of hydrogen-bond donors (Lipinski definition) is 1. The van der Waals surface area contributed by atoms with E-state index in [0.29, 0.717) is 19.0 Å². The number of hydrogen-bond acceptors (Lipinski definition) is 3. The van der Waals surface area contributed by atoms with Crippen molar-refractivity contribution in [2.24, 2.45) is 0 Å². The molecule has 2 aromatic rings. The highest BCUT2D eigenvalue weighted by Gasteiger charge is 1.99. The average molecular weight is 245 g/mol. The van der Waals surface area contributed by atoms with Gasteiger partial charge in [0.15, 0.2) is 5.75 Å². The van der Waals surface area contributed by atoms with Crippen LogP contribution in [0.25, 0.3) is 0 Å². The maximum atomic E-state index is 11.3. The van der Waals surface area contributed by atoms with Crippen molar-refractivity contribution in [2.45, 2.75) is 6.92 Å². The molecule has 1 heterocycles. The van der Waals surface area contributed by atoms with Crippen molar-refractivity contribution in [2.75, 3.05) is 13.2 Å². The number of aryl methyl sites for hydroxylation is 1. The summed E-state index contributed by atoms with van der Waals surface area (Å²) in [6, 6.07) is 11.1. The second kappa shape index (κ2) is 5.91. The molecule has 18 heavy (non-hydrogen) atoms. The molecule has 0 aliphatic rings. The van der Waals surface area contributed by atoms with Crippen LogP contribution in [0.4, 0.5) is 0 Å².